The van der Waals surface area contributed by atoms with Crippen molar-refractivity contribution in [3.8, 4) is 0 Å². The van der Waals surface area contributed by atoms with E-state index in [0.29, 0.717) is 24.2 Å². The maximum absolute atomic E-state index is 12.6. The number of carboxylic acids is 1. The average molecular weight is 343 g/mol. The molecule has 6 heteroatoms. The van der Waals surface area contributed by atoms with Crippen LogP contribution in [0.4, 0.5) is 11.4 Å². The first kappa shape index (κ1) is 18.7. The molecule has 134 valence electrons. The van der Waals surface area contributed by atoms with E-state index in [2.05, 4.69) is 5.32 Å². The van der Waals surface area contributed by atoms with Gasteiger partial charge in [0.25, 0.3) is 0 Å². The molecule has 6 nitrogen and oxygen atoms in total. The first-order valence-corrected chi connectivity index (χ1v) is 8.22. The summed E-state index contributed by atoms with van der Waals surface area (Å²) >= 11 is 0. The molecule has 25 heavy (non-hydrogen) atoms. The normalized spacial score (nSPS) is 20.2. The van der Waals surface area contributed by atoms with E-state index < -0.39 is 17.8 Å². The van der Waals surface area contributed by atoms with Crippen LogP contribution in [0.2, 0.25) is 0 Å². The van der Waals surface area contributed by atoms with E-state index in [1.54, 1.807) is 31.3 Å². The zero-order valence-electron chi connectivity index (χ0n) is 15.0. The minimum atomic E-state index is -1.19. The van der Waals surface area contributed by atoms with Crippen LogP contribution in [-0.2, 0) is 14.4 Å². The zero-order valence-corrected chi connectivity index (χ0v) is 15.0. The highest BCUT2D eigenvalue weighted by Crippen LogP contribution is 2.34. The van der Waals surface area contributed by atoms with Gasteiger partial charge >= 0.3 is 0 Å². The fourth-order valence-corrected chi connectivity index (χ4v) is 3.00. The third-order valence-corrected chi connectivity index (χ3v) is 4.90. The Morgan fingerprint density at radius 2 is 1.56 bits per heavy atom. The quantitative estimate of drug-likeness (QED) is 0.843. The fraction of sp³-hybridized carbons (Fsp3) is 0.421. The van der Waals surface area contributed by atoms with E-state index >= 15 is 0 Å². The van der Waals surface area contributed by atoms with Crippen molar-refractivity contribution < 1.29 is 19.5 Å². The highest BCUT2D eigenvalue weighted by molar-refractivity contribution is 5.96. The average Bonchev–Trinajstić information content (AvgIpc) is 2.56. The van der Waals surface area contributed by atoms with Crippen LogP contribution in [0.5, 0.6) is 0 Å². The predicted octanol–water partition coefficient (Wildman–Crippen LogP) is 1.72. The van der Waals surface area contributed by atoms with Crippen molar-refractivity contribution in [1.82, 2.24) is 0 Å². The lowest BCUT2D eigenvalue weighted by Gasteiger charge is -2.32. The van der Waals surface area contributed by atoms with E-state index in [9.17, 15) is 19.5 Å². The minimum Gasteiger partial charge on any atom is -0.550 e. The van der Waals surface area contributed by atoms with Crippen LogP contribution in [0, 0.1) is 11.8 Å². The Bertz CT molecular complexity index is 721. The summed E-state index contributed by atoms with van der Waals surface area (Å²) in [7, 11) is 1.67. The summed E-state index contributed by atoms with van der Waals surface area (Å²) in [6.45, 7) is 5.29. The van der Waals surface area contributed by atoms with Crippen LogP contribution >= 0.6 is 0 Å². The van der Waals surface area contributed by atoms with E-state index in [1.165, 1.54) is 11.8 Å². The maximum atomic E-state index is 12.6. The standard InChI is InChI=1S/C19H24N2O4/c1-11-9-16(17(19(24)25)10-12(11)2)18(23)20-14-5-7-15(8-6-14)21(4)13(3)22/h5-8,16-17H,9-10H2,1-4H3,(H,20,23)(H,24,25)/p-1/t16-,17+/m1/s1. The van der Waals surface area contributed by atoms with Crippen LogP contribution < -0.4 is 15.3 Å². The summed E-state index contributed by atoms with van der Waals surface area (Å²) in [5.74, 6) is -3.06. The molecule has 1 aromatic rings. The summed E-state index contributed by atoms with van der Waals surface area (Å²) in [6.07, 6.45) is 0.760. The van der Waals surface area contributed by atoms with Gasteiger partial charge < -0.3 is 20.1 Å². The van der Waals surface area contributed by atoms with Crippen LogP contribution in [0.25, 0.3) is 0 Å². The topological polar surface area (TPSA) is 89.5 Å². The molecule has 0 aliphatic heterocycles. The molecule has 0 spiro atoms. The second kappa shape index (κ2) is 7.51. The fourth-order valence-electron chi connectivity index (χ4n) is 3.00. The Hall–Kier alpha value is -2.63. The monoisotopic (exact) mass is 343 g/mol. The molecule has 0 heterocycles. The molecule has 2 atom stereocenters. The molecule has 1 aromatic carbocycles. The summed E-state index contributed by atoms with van der Waals surface area (Å²) < 4.78 is 0. The summed E-state index contributed by atoms with van der Waals surface area (Å²) in [4.78, 5) is 36.8. The molecule has 2 rings (SSSR count). The highest BCUT2D eigenvalue weighted by atomic mass is 16.4. The Labute approximate surface area is 147 Å². The molecule has 1 aliphatic carbocycles. The number of hydrogen-bond donors (Lipinski definition) is 1. The lowest BCUT2D eigenvalue weighted by Crippen LogP contribution is -2.42. The van der Waals surface area contributed by atoms with Crippen LogP contribution in [0.3, 0.4) is 0 Å². The lowest BCUT2D eigenvalue weighted by atomic mass is 9.76. The molecular formula is C19H23N2O4-. The lowest BCUT2D eigenvalue weighted by molar-refractivity contribution is -0.313. The zero-order chi connectivity index (χ0) is 18.7. The smallest absolute Gasteiger partial charge is 0.228 e. The van der Waals surface area contributed by atoms with Gasteiger partial charge in [0.1, 0.15) is 0 Å². The SMILES string of the molecule is CC(=O)N(C)c1ccc(NC(=O)[C@@H]2CC(C)=C(C)C[C@@H]2C(=O)[O-])cc1. The van der Waals surface area contributed by atoms with Gasteiger partial charge in [0, 0.05) is 37.2 Å². The minimum absolute atomic E-state index is 0.0894. The van der Waals surface area contributed by atoms with E-state index in [-0.39, 0.29) is 11.8 Å². The van der Waals surface area contributed by atoms with E-state index in [1.807, 2.05) is 13.8 Å². The molecule has 2 amide bonds. The summed E-state index contributed by atoms with van der Waals surface area (Å²) in [5.41, 5.74) is 3.34. The molecule has 0 radical (unpaired) electrons. The van der Waals surface area contributed by atoms with Crippen molar-refractivity contribution in [3.63, 3.8) is 0 Å². The van der Waals surface area contributed by atoms with Crippen LogP contribution in [0.15, 0.2) is 35.4 Å². The number of amides is 2. The number of aliphatic carboxylic acids is 1. The summed E-state index contributed by atoms with van der Waals surface area (Å²) in [5, 5.41) is 14.2. The molecule has 0 aromatic heterocycles. The number of allylic oxidation sites excluding steroid dienone is 2. The van der Waals surface area contributed by atoms with Gasteiger partial charge in [-0.05, 0) is 51.0 Å². The third-order valence-electron chi connectivity index (χ3n) is 4.90. The van der Waals surface area contributed by atoms with Crippen molar-refractivity contribution in [3.05, 3.63) is 35.4 Å². The number of carboxylic acid groups (broad SMARTS) is 1. The third kappa shape index (κ3) is 4.26. The van der Waals surface area contributed by atoms with Crippen LogP contribution in [0.1, 0.15) is 33.6 Å². The van der Waals surface area contributed by atoms with Gasteiger partial charge in [0.05, 0.1) is 5.92 Å². The number of nitrogens with one attached hydrogen (secondary N) is 1. The van der Waals surface area contributed by atoms with Crippen molar-refractivity contribution >= 4 is 29.2 Å². The van der Waals surface area contributed by atoms with Crippen molar-refractivity contribution in [1.29, 1.82) is 0 Å². The maximum Gasteiger partial charge on any atom is 0.228 e. The van der Waals surface area contributed by atoms with Gasteiger partial charge in [0.15, 0.2) is 0 Å². The molecule has 0 unspecified atom stereocenters. The van der Waals surface area contributed by atoms with Crippen molar-refractivity contribution in [2.24, 2.45) is 11.8 Å². The summed E-state index contributed by atoms with van der Waals surface area (Å²) in [6, 6.07) is 6.84. The van der Waals surface area contributed by atoms with E-state index in [0.717, 1.165) is 11.1 Å². The molecule has 0 fully saturated rings. The number of hydrogen-bond acceptors (Lipinski definition) is 4. The Kier molecular flexibility index (Phi) is 5.62. The number of anilines is 2. The molecule has 0 saturated heterocycles. The molecular weight excluding hydrogens is 320 g/mol. The van der Waals surface area contributed by atoms with Crippen LogP contribution in [-0.4, -0.2) is 24.8 Å². The van der Waals surface area contributed by atoms with Gasteiger partial charge in [-0.25, -0.2) is 0 Å². The molecule has 0 saturated carbocycles. The number of nitrogens with zero attached hydrogens (tertiary/aromatic N) is 1. The molecule has 1 aliphatic rings. The largest absolute Gasteiger partial charge is 0.550 e. The highest BCUT2D eigenvalue weighted by Gasteiger charge is 2.33. The van der Waals surface area contributed by atoms with Gasteiger partial charge in [0.2, 0.25) is 11.8 Å². The second-order valence-corrected chi connectivity index (χ2v) is 6.62. The van der Waals surface area contributed by atoms with Gasteiger partial charge in [-0.2, -0.15) is 0 Å². The van der Waals surface area contributed by atoms with Crippen molar-refractivity contribution in [2.45, 2.75) is 33.6 Å². The second-order valence-electron chi connectivity index (χ2n) is 6.62. The van der Waals surface area contributed by atoms with Crippen molar-refractivity contribution in [2.75, 3.05) is 17.3 Å². The Morgan fingerprint density at radius 1 is 1.04 bits per heavy atom. The number of carbonyl (C=O) groups is 3. The Morgan fingerprint density at radius 3 is 2.04 bits per heavy atom. The number of benzene rings is 1. The molecule has 0 bridgehead atoms. The van der Waals surface area contributed by atoms with Gasteiger partial charge in [-0.3, -0.25) is 9.59 Å². The number of carbonyl (C=O) groups excluding carboxylic acids is 3. The van der Waals surface area contributed by atoms with Gasteiger partial charge in [-0.1, -0.05) is 11.1 Å². The first-order chi connectivity index (χ1) is 11.7. The first-order valence-electron chi connectivity index (χ1n) is 8.22. The van der Waals surface area contributed by atoms with E-state index in [4.69, 9.17) is 0 Å². The molecule has 1 N–H and O–H groups in total. The predicted molar refractivity (Wildman–Crippen MR) is 93.8 cm³/mol. The number of rotatable bonds is 4. The Balaban J connectivity index is 2.13. The van der Waals surface area contributed by atoms with Gasteiger partial charge in [-0.15, -0.1) is 0 Å².